The van der Waals surface area contributed by atoms with Crippen molar-refractivity contribution in [2.75, 3.05) is 33.4 Å². The number of benzene rings is 1. The van der Waals surface area contributed by atoms with Crippen molar-refractivity contribution in [1.29, 1.82) is 0 Å². The third kappa shape index (κ3) is 4.57. The Morgan fingerprint density at radius 2 is 2.32 bits per heavy atom. The molecular weight excluding hydrogens is 325 g/mol. The molecule has 1 aromatic carbocycles. The molecule has 6 nitrogen and oxygen atoms in total. The van der Waals surface area contributed by atoms with Crippen molar-refractivity contribution >= 4 is 5.91 Å². The van der Waals surface area contributed by atoms with E-state index >= 15 is 0 Å². The Hall–Kier alpha value is -2.41. The smallest absolute Gasteiger partial charge is 0.248 e. The van der Waals surface area contributed by atoms with Gasteiger partial charge in [0.1, 0.15) is 18.2 Å². The van der Waals surface area contributed by atoms with Crippen LogP contribution in [0, 0.1) is 5.82 Å². The van der Waals surface area contributed by atoms with Gasteiger partial charge in [-0.15, -0.1) is 0 Å². The van der Waals surface area contributed by atoms with Crippen molar-refractivity contribution in [2.45, 2.75) is 18.8 Å². The highest BCUT2D eigenvalue weighted by Crippen LogP contribution is 2.26. The number of ether oxygens (including phenoxy) is 2. The van der Waals surface area contributed by atoms with E-state index in [-0.39, 0.29) is 24.2 Å². The molecular formula is C18H22FN3O3. The third-order valence-corrected chi connectivity index (χ3v) is 4.31. The number of amides is 1. The number of halogens is 1. The average molecular weight is 347 g/mol. The number of nitrogens with one attached hydrogen (secondary N) is 1. The molecule has 1 saturated heterocycles. The van der Waals surface area contributed by atoms with E-state index in [1.807, 2.05) is 11.0 Å². The minimum atomic E-state index is -0.310. The highest BCUT2D eigenvalue weighted by molar-refractivity contribution is 5.77. The first-order valence-electron chi connectivity index (χ1n) is 8.35. The van der Waals surface area contributed by atoms with Gasteiger partial charge in [-0.05, 0) is 24.6 Å². The van der Waals surface area contributed by atoms with E-state index in [2.05, 4.69) is 10.2 Å². The van der Waals surface area contributed by atoms with Gasteiger partial charge in [-0.2, -0.15) is 5.10 Å². The molecule has 134 valence electrons. The van der Waals surface area contributed by atoms with Crippen LogP contribution in [-0.4, -0.2) is 54.4 Å². The van der Waals surface area contributed by atoms with E-state index in [0.29, 0.717) is 25.3 Å². The van der Waals surface area contributed by atoms with Gasteiger partial charge >= 0.3 is 0 Å². The van der Waals surface area contributed by atoms with Crippen molar-refractivity contribution < 1.29 is 18.7 Å². The van der Waals surface area contributed by atoms with Crippen LogP contribution in [0.25, 0.3) is 0 Å². The summed E-state index contributed by atoms with van der Waals surface area (Å²) in [6.45, 7) is 1.97. The third-order valence-electron chi connectivity index (χ3n) is 4.31. The summed E-state index contributed by atoms with van der Waals surface area (Å²) in [5.41, 5.74) is 1.93. The van der Waals surface area contributed by atoms with Gasteiger partial charge in [-0.1, -0.05) is 6.07 Å². The molecule has 7 heteroatoms. The lowest BCUT2D eigenvalue weighted by molar-refractivity contribution is -0.134. The lowest BCUT2D eigenvalue weighted by Gasteiger charge is -2.15. The van der Waals surface area contributed by atoms with E-state index in [1.54, 1.807) is 12.1 Å². The SMILES string of the molecule is COCC(=O)N1CC[C@H](c2cc(CCOc3cccc(F)c3)[nH]n2)C1. The molecule has 1 atom stereocenters. The largest absolute Gasteiger partial charge is 0.493 e. The van der Waals surface area contributed by atoms with E-state index in [9.17, 15) is 9.18 Å². The van der Waals surface area contributed by atoms with Crippen LogP contribution in [0.4, 0.5) is 4.39 Å². The van der Waals surface area contributed by atoms with Crippen LogP contribution < -0.4 is 4.74 Å². The molecule has 0 radical (unpaired) electrons. The Kier molecular flexibility index (Phi) is 5.65. The number of H-pyrrole nitrogens is 1. The molecule has 0 unspecified atom stereocenters. The molecule has 0 bridgehead atoms. The zero-order valence-electron chi connectivity index (χ0n) is 14.2. The summed E-state index contributed by atoms with van der Waals surface area (Å²) in [6, 6.07) is 8.12. The first-order chi connectivity index (χ1) is 12.2. The molecule has 1 fully saturated rings. The van der Waals surface area contributed by atoms with Gasteiger partial charge < -0.3 is 14.4 Å². The first kappa shape index (κ1) is 17.4. The minimum Gasteiger partial charge on any atom is -0.493 e. The molecule has 1 N–H and O–H groups in total. The molecule has 25 heavy (non-hydrogen) atoms. The Morgan fingerprint density at radius 3 is 3.12 bits per heavy atom. The van der Waals surface area contributed by atoms with Gasteiger partial charge in [0.25, 0.3) is 0 Å². The molecule has 2 aromatic rings. The van der Waals surface area contributed by atoms with Crippen molar-refractivity contribution in [1.82, 2.24) is 15.1 Å². The number of rotatable bonds is 7. The second-order valence-electron chi connectivity index (χ2n) is 6.13. The molecule has 3 rings (SSSR count). The number of aromatic nitrogens is 2. The lowest BCUT2D eigenvalue weighted by atomic mass is 10.0. The number of likely N-dealkylation sites (tertiary alicyclic amines) is 1. The summed E-state index contributed by atoms with van der Waals surface area (Å²) < 4.78 is 23.5. The van der Waals surface area contributed by atoms with Crippen LogP contribution in [0.1, 0.15) is 23.7 Å². The van der Waals surface area contributed by atoms with Crippen LogP contribution in [0.5, 0.6) is 5.75 Å². The van der Waals surface area contributed by atoms with Crippen LogP contribution in [0.3, 0.4) is 0 Å². The lowest BCUT2D eigenvalue weighted by Crippen LogP contribution is -2.31. The van der Waals surface area contributed by atoms with E-state index in [0.717, 1.165) is 24.4 Å². The minimum absolute atomic E-state index is 0.0178. The Bertz CT molecular complexity index is 719. The normalized spacial score (nSPS) is 17.0. The second kappa shape index (κ2) is 8.11. The summed E-state index contributed by atoms with van der Waals surface area (Å²) in [4.78, 5) is 13.7. The maximum atomic E-state index is 13.1. The summed E-state index contributed by atoms with van der Waals surface area (Å²) >= 11 is 0. The number of hydrogen-bond donors (Lipinski definition) is 1. The fourth-order valence-corrected chi connectivity index (χ4v) is 3.00. The number of aromatic amines is 1. The highest BCUT2D eigenvalue weighted by Gasteiger charge is 2.28. The fourth-order valence-electron chi connectivity index (χ4n) is 3.00. The fraction of sp³-hybridized carbons (Fsp3) is 0.444. The van der Waals surface area contributed by atoms with Crippen LogP contribution in [-0.2, 0) is 16.0 Å². The molecule has 0 saturated carbocycles. The molecule has 1 aliphatic heterocycles. The number of carbonyl (C=O) groups excluding carboxylic acids is 1. The van der Waals surface area contributed by atoms with Gasteiger partial charge in [-0.25, -0.2) is 4.39 Å². The highest BCUT2D eigenvalue weighted by atomic mass is 19.1. The summed E-state index contributed by atoms with van der Waals surface area (Å²) in [7, 11) is 1.53. The average Bonchev–Trinajstić information content (AvgIpc) is 3.24. The van der Waals surface area contributed by atoms with E-state index in [4.69, 9.17) is 9.47 Å². The molecule has 0 spiro atoms. The summed E-state index contributed by atoms with van der Waals surface area (Å²) in [5, 5.41) is 7.39. The molecule has 0 aliphatic carbocycles. The van der Waals surface area contributed by atoms with Gasteiger partial charge in [0.2, 0.25) is 5.91 Å². The zero-order valence-corrected chi connectivity index (χ0v) is 14.2. The molecule has 1 aliphatic rings. The Balaban J connectivity index is 1.48. The van der Waals surface area contributed by atoms with Crippen LogP contribution >= 0.6 is 0 Å². The van der Waals surface area contributed by atoms with Gasteiger partial charge in [0.05, 0.1) is 12.3 Å². The summed E-state index contributed by atoms with van der Waals surface area (Å²) in [6.07, 6.45) is 1.56. The first-order valence-corrected chi connectivity index (χ1v) is 8.35. The number of carbonyl (C=O) groups is 1. The predicted molar refractivity (Wildman–Crippen MR) is 90.0 cm³/mol. The van der Waals surface area contributed by atoms with Gasteiger partial charge in [-0.3, -0.25) is 9.89 Å². The van der Waals surface area contributed by atoms with Crippen molar-refractivity contribution in [3.63, 3.8) is 0 Å². The van der Waals surface area contributed by atoms with Crippen molar-refractivity contribution in [3.05, 3.63) is 47.5 Å². The van der Waals surface area contributed by atoms with Crippen LogP contribution in [0.2, 0.25) is 0 Å². The van der Waals surface area contributed by atoms with Gasteiger partial charge in [0, 0.05) is 44.3 Å². The zero-order chi connectivity index (χ0) is 17.6. The maximum absolute atomic E-state index is 13.1. The Morgan fingerprint density at radius 1 is 1.44 bits per heavy atom. The molecule has 1 aromatic heterocycles. The predicted octanol–water partition coefficient (Wildman–Crippen LogP) is 2.13. The summed E-state index contributed by atoms with van der Waals surface area (Å²) in [5.74, 6) is 0.470. The van der Waals surface area contributed by atoms with Crippen LogP contribution in [0.15, 0.2) is 30.3 Å². The number of methoxy groups -OCH3 is 1. The second-order valence-corrected chi connectivity index (χ2v) is 6.13. The maximum Gasteiger partial charge on any atom is 0.248 e. The van der Waals surface area contributed by atoms with Gasteiger partial charge in [0.15, 0.2) is 0 Å². The van der Waals surface area contributed by atoms with Crippen molar-refractivity contribution in [3.8, 4) is 5.75 Å². The van der Waals surface area contributed by atoms with E-state index in [1.165, 1.54) is 19.2 Å². The standard InChI is InChI=1S/C18H22FN3O3/c1-24-12-18(23)22-7-5-13(11-22)17-10-15(20-21-17)6-8-25-16-4-2-3-14(19)9-16/h2-4,9-10,13H,5-8,11-12H2,1H3,(H,20,21)/t13-/m0/s1. The molecule has 1 amide bonds. The number of nitrogens with zero attached hydrogens (tertiary/aromatic N) is 2. The molecule has 2 heterocycles. The Labute approximate surface area is 145 Å². The van der Waals surface area contributed by atoms with E-state index < -0.39 is 0 Å². The monoisotopic (exact) mass is 347 g/mol. The topological polar surface area (TPSA) is 67.4 Å². The van der Waals surface area contributed by atoms with Crippen molar-refractivity contribution in [2.24, 2.45) is 0 Å². The number of hydrogen-bond acceptors (Lipinski definition) is 4. The quantitative estimate of drug-likeness (QED) is 0.833.